The first-order valence-electron chi connectivity index (χ1n) is 10.8. The summed E-state index contributed by atoms with van der Waals surface area (Å²) >= 11 is 0. The first kappa shape index (κ1) is 25.6. The lowest BCUT2D eigenvalue weighted by Gasteiger charge is -2.13. The molecule has 0 saturated heterocycles. The van der Waals surface area contributed by atoms with Gasteiger partial charge in [0.2, 0.25) is 0 Å². The van der Waals surface area contributed by atoms with Crippen molar-refractivity contribution >= 4 is 22.7 Å². The Morgan fingerprint density at radius 3 is 2.50 bits per heavy atom. The maximum absolute atomic E-state index is 14.9. The van der Waals surface area contributed by atoms with Crippen LogP contribution in [0.15, 0.2) is 52.2 Å². The predicted octanol–water partition coefficient (Wildman–Crippen LogP) is 2.57. The van der Waals surface area contributed by atoms with Crippen molar-refractivity contribution in [3.63, 3.8) is 0 Å². The summed E-state index contributed by atoms with van der Waals surface area (Å²) in [6, 6.07) is 10.1. The molecule has 2 aromatic carbocycles. The number of nitrogens with zero attached hydrogens (tertiary/aromatic N) is 5. The molecule has 1 amide bonds. The molecule has 0 unspecified atom stereocenters. The Balaban J connectivity index is 1.54. The molecule has 0 aliphatic carbocycles. The summed E-state index contributed by atoms with van der Waals surface area (Å²) in [4.78, 5) is 40.8. The van der Waals surface area contributed by atoms with E-state index in [4.69, 9.17) is 24.2 Å². The highest BCUT2D eigenvalue weighted by molar-refractivity contribution is 5.88. The van der Waals surface area contributed by atoms with E-state index in [1.807, 2.05) is 0 Å². The van der Waals surface area contributed by atoms with Crippen LogP contribution >= 0.6 is 0 Å². The molecule has 0 radical (unpaired) electrons. The molecule has 14 heteroatoms. The van der Waals surface area contributed by atoms with Crippen molar-refractivity contribution in [1.29, 1.82) is 5.26 Å². The van der Waals surface area contributed by atoms with Crippen molar-refractivity contribution in [2.75, 3.05) is 19.5 Å². The number of ether oxygens (including phenoxy) is 4. The molecule has 4 aromatic rings. The smallest absolute Gasteiger partial charge is 0.418 e. The maximum atomic E-state index is 14.9. The Hall–Kier alpha value is -5.45. The monoisotopic (exact) mass is 522 g/mol. The Bertz CT molecular complexity index is 1710. The third-order valence-electron chi connectivity index (χ3n) is 5.20. The van der Waals surface area contributed by atoms with Crippen LogP contribution in [0.3, 0.4) is 0 Å². The largest absolute Gasteiger partial charge is 0.493 e. The summed E-state index contributed by atoms with van der Waals surface area (Å²) in [6.07, 6.45) is 0.316. The molecule has 13 nitrogen and oxygen atoms in total. The number of methoxy groups -OCH3 is 2. The maximum Gasteiger partial charge on any atom is 0.418 e. The van der Waals surface area contributed by atoms with Gasteiger partial charge >= 0.3 is 23.2 Å². The number of nitriles is 1. The third kappa shape index (κ3) is 5.07. The molecular formula is C24H19FN6O7. The summed E-state index contributed by atoms with van der Waals surface area (Å²) in [7, 11) is 4.19. The molecule has 4 rings (SSSR count). The highest BCUT2D eigenvalue weighted by Crippen LogP contribution is 2.37. The molecular weight excluding hydrogens is 503 g/mol. The first-order valence-corrected chi connectivity index (χ1v) is 10.8. The molecule has 0 saturated carbocycles. The fourth-order valence-electron chi connectivity index (χ4n) is 3.42. The van der Waals surface area contributed by atoms with Gasteiger partial charge < -0.3 is 18.9 Å². The first-order chi connectivity index (χ1) is 18.2. The average Bonchev–Trinajstić information content (AvgIpc) is 2.90. The second-order valence-electron chi connectivity index (χ2n) is 7.56. The van der Waals surface area contributed by atoms with Crippen LogP contribution in [0.5, 0.6) is 28.9 Å². The topological polar surface area (TPSA) is 160 Å². The van der Waals surface area contributed by atoms with Gasteiger partial charge in [-0.05, 0) is 24.3 Å². The van der Waals surface area contributed by atoms with Gasteiger partial charge in [-0.3, -0.25) is 15.1 Å². The number of hydrogen-bond donors (Lipinski definition) is 1. The van der Waals surface area contributed by atoms with E-state index in [0.29, 0.717) is 32.7 Å². The number of fused-ring (bicyclic) bond motifs is 1. The van der Waals surface area contributed by atoms with Crippen LogP contribution < -0.4 is 35.5 Å². The van der Waals surface area contributed by atoms with Gasteiger partial charge in [0, 0.05) is 36.5 Å². The normalized spacial score (nSPS) is 10.5. The molecule has 2 aromatic heterocycles. The van der Waals surface area contributed by atoms with Crippen LogP contribution in [-0.2, 0) is 13.6 Å². The van der Waals surface area contributed by atoms with Crippen molar-refractivity contribution < 1.29 is 28.1 Å². The lowest BCUT2D eigenvalue weighted by molar-refractivity contribution is 0.210. The van der Waals surface area contributed by atoms with Crippen LogP contribution in [0.25, 0.3) is 10.9 Å². The van der Waals surface area contributed by atoms with Crippen LogP contribution in [-0.4, -0.2) is 39.6 Å². The minimum Gasteiger partial charge on any atom is -0.493 e. The SMILES string of the molecule is COc1cc2nccc(Oc3ccc(NC(=O)Oc4nn(C)c(=O)n(CC#N)c4=O)cc3F)c2cc1OC. The predicted molar refractivity (Wildman–Crippen MR) is 130 cm³/mol. The lowest BCUT2D eigenvalue weighted by atomic mass is 10.2. The molecule has 0 atom stereocenters. The molecule has 0 aliphatic heterocycles. The number of aryl methyl sites for hydroxylation is 1. The number of amides is 1. The summed E-state index contributed by atoms with van der Waals surface area (Å²) < 4.78 is 37.4. The lowest BCUT2D eigenvalue weighted by Crippen LogP contribution is -2.41. The number of nitrogens with one attached hydrogen (secondary N) is 1. The number of anilines is 1. The zero-order valence-corrected chi connectivity index (χ0v) is 20.2. The summed E-state index contributed by atoms with van der Waals surface area (Å²) in [5.41, 5.74) is -1.42. The Morgan fingerprint density at radius 1 is 1.08 bits per heavy atom. The average molecular weight is 522 g/mol. The third-order valence-corrected chi connectivity index (χ3v) is 5.20. The fourth-order valence-corrected chi connectivity index (χ4v) is 3.42. The molecule has 2 heterocycles. The number of pyridine rings is 1. The van der Waals surface area contributed by atoms with Gasteiger partial charge in [0.1, 0.15) is 12.3 Å². The molecule has 0 spiro atoms. The van der Waals surface area contributed by atoms with Gasteiger partial charge in [-0.2, -0.15) is 5.26 Å². The van der Waals surface area contributed by atoms with Gasteiger partial charge in [0.05, 0.1) is 25.8 Å². The van der Waals surface area contributed by atoms with Gasteiger partial charge in [0.15, 0.2) is 23.1 Å². The summed E-state index contributed by atoms with van der Waals surface area (Å²) in [5, 5.41) is 15.2. The molecule has 38 heavy (non-hydrogen) atoms. The zero-order chi connectivity index (χ0) is 27.4. The van der Waals surface area contributed by atoms with E-state index in [1.54, 1.807) is 24.3 Å². The standard InChI is InChI=1S/C24H19FN6O7/c1-30-24(34)31(9-7-26)22(32)21(29-30)38-23(33)28-13-4-5-18(15(25)10-13)37-17-6-8-27-16-12-20(36-3)19(35-2)11-14(16)17/h4-6,8,10-12H,9H2,1-3H3,(H,28,33). The van der Waals surface area contributed by atoms with Crippen LogP contribution in [0, 0.1) is 17.1 Å². The highest BCUT2D eigenvalue weighted by Gasteiger charge is 2.18. The Kier molecular flexibility index (Phi) is 7.19. The van der Waals surface area contributed by atoms with Gasteiger partial charge in [-0.15, -0.1) is 5.10 Å². The van der Waals surface area contributed by atoms with E-state index < -0.39 is 35.6 Å². The molecule has 0 fully saturated rings. The number of halogens is 1. The number of rotatable bonds is 7. The van der Waals surface area contributed by atoms with E-state index >= 15 is 0 Å². The number of aromatic nitrogens is 4. The highest BCUT2D eigenvalue weighted by atomic mass is 19.1. The van der Waals surface area contributed by atoms with E-state index in [2.05, 4.69) is 15.4 Å². The Labute approximate surface area is 213 Å². The van der Waals surface area contributed by atoms with Crippen molar-refractivity contribution in [3.05, 3.63) is 69.3 Å². The second kappa shape index (κ2) is 10.7. The summed E-state index contributed by atoms with van der Waals surface area (Å²) in [5.74, 6) is -0.504. The van der Waals surface area contributed by atoms with Gasteiger partial charge in [-0.25, -0.2) is 23.2 Å². The van der Waals surface area contributed by atoms with E-state index in [1.165, 1.54) is 39.6 Å². The van der Waals surface area contributed by atoms with Crippen molar-refractivity contribution in [2.24, 2.45) is 7.05 Å². The quantitative estimate of drug-likeness (QED) is 0.382. The van der Waals surface area contributed by atoms with Gasteiger partial charge in [0.25, 0.3) is 0 Å². The minimum absolute atomic E-state index is 0.0204. The van der Waals surface area contributed by atoms with E-state index in [0.717, 1.165) is 10.7 Å². The number of benzene rings is 2. The van der Waals surface area contributed by atoms with Crippen molar-refractivity contribution in [1.82, 2.24) is 19.3 Å². The summed E-state index contributed by atoms with van der Waals surface area (Å²) in [6.45, 7) is -0.564. The molecule has 0 bridgehead atoms. The van der Waals surface area contributed by atoms with E-state index in [-0.39, 0.29) is 11.4 Å². The fraction of sp³-hybridized carbons (Fsp3) is 0.167. The Morgan fingerprint density at radius 2 is 1.82 bits per heavy atom. The number of carbonyl (C=O) groups is 1. The second-order valence-corrected chi connectivity index (χ2v) is 7.56. The number of hydrogen-bond acceptors (Lipinski definition) is 10. The zero-order valence-electron chi connectivity index (χ0n) is 20.2. The van der Waals surface area contributed by atoms with Crippen LogP contribution in [0.2, 0.25) is 0 Å². The van der Waals surface area contributed by atoms with Crippen LogP contribution in [0.1, 0.15) is 0 Å². The number of carbonyl (C=O) groups excluding carboxylic acids is 1. The molecule has 194 valence electrons. The van der Waals surface area contributed by atoms with Gasteiger partial charge in [-0.1, -0.05) is 0 Å². The molecule has 1 N–H and O–H groups in total. The minimum atomic E-state index is -1.18. The van der Waals surface area contributed by atoms with Crippen molar-refractivity contribution in [3.8, 4) is 34.9 Å². The van der Waals surface area contributed by atoms with E-state index in [9.17, 15) is 18.8 Å². The molecule has 0 aliphatic rings. The van der Waals surface area contributed by atoms with Crippen molar-refractivity contribution in [2.45, 2.75) is 6.54 Å². The van der Waals surface area contributed by atoms with Crippen LogP contribution in [0.4, 0.5) is 14.9 Å².